The first-order valence-electron chi connectivity index (χ1n) is 2.83. The van der Waals surface area contributed by atoms with Crippen LogP contribution in [0.25, 0.3) is 0 Å². The van der Waals surface area contributed by atoms with E-state index < -0.39 is 0 Å². The van der Waals surface area contributed by atoms with Gasteiger partial charge < -0.3 is 27.7 Å². The zero-order valence-corrected chi connectivity index (χ0v) is 9.24. The summed E-state index contributed by atoms with van der Waals surface area (Å²) in [5.41, 5.74) is 0. The molecule has 0 amide bonds. The van der Waals surface area contributed by atoms with Crippen LogP contribution in [0, 0.1) is 27.7 Å². The Bertz CT molecular complexity index is 4.53. The molecule has 0 rings (SSSR count). The Kier molecular flexibility index (Phi) is 4010. The van der Waals surface area contributed by atoms with E-state index in [9.17, 15) is 0 Å². The number of rotatable bonds is 0. The molecule has 0 aliphatic rings. The molecule has 0 aromatic rings. The Labute approximate surface area is 76.7 Å². The molecule has 0 aromatic carbocycles. The predicted octanol–water partition coefficient (Wildman–Crippen LogP) is 3.36. The molecule has 0 aliphatic carbocycles. The summed E-state index contributed by atoms with van der Waals surface area (Å²) in [5.74, 6) is 0. The molecular formula is C8H20Mo. The minimum Gasteiger partial charge on any atom is -0.346 e. The summed E-state index contributed by atoms with van der Waals surface area (Å²) in [6.07, 6.45) is 0. The zero-order valence-electron chi connectivity index (χ0n) is 7.24. The molecule has 0 atom stereocenters. The molecule has 0 aromatic heterocycles. The Morgan fingerprint density at radius 2 is 0.444 bits per heavy atom. The quantitative estimate of drug-likeness (QED) is 0.426. The van der Waals surface area contributed by atoms with Crippen molar-refractivity contribution >= 4 is 0 Å². The van der Waals surface area contributed by atoms with Gasteiger partial charge in [-0.15, -0.1) is 0 Å². The second kappa shape index (κ2) is 1080. The summed E-state index contributed by atoms with van der Waals surface area (Å²) in [6, 6.07) is 0. The molecule has 0 nitrogen and oxygen atoms in total. The third-order valence-corrected chi connectivity index (χ3v) is 0. The average molecular weight is 212 g/mol. The van der Waals surface area contributed by atoms with Crippen LogP contribution in [-0.2, 0) is 21.1 Å². The van der Waals surface area contributed by atoms with Gasteiger partial charge in [-0.25, -0.2) is 0 Å². The van der Waals surface area contributed by atoms with Crippen molar-refractivity contribution in [3.63, 3.8) is 0 Å². The summed E-state index contributed by atoms with van der Waals surface area (Å²) in [5, 5.41) is 0. The van der Waals surface area contributed by atoms with Crippen molar-refractivity contribution in [1.82, 2.24) is 0 Å². The second-order valence-electron chi connectivity index (χ2n) is 0. The molecule has 0 saturated heterocycles. The maximum absolute atomic E-state index is 3.25. The van der Waals surface area contributed by atoms with E-state index in [1.54, 1.807) is 27.7 Å². The number of hydrogen-bond acceptors (Lipinski definition) is 0. The standard InChI is InChI=1S/4C2H5.Mo/c4*1-2;/h4*1H2,2H3;/q4*-1;+4. The fourth-order valence-electron chi connectivity index (χ4n) is 0. The first kappa shape index (κ1) is 33.3. The maximum Gasteiger partial charge on any atom is 4.00 e. The fourth-order valence-corrected chi connectivity index (χ4v) is 0. The van der Waals surface area contributed by atoms with Crippen LogP contribution in [0.2, 0.25) is 0 Å². The van der Waals surface area contributed by atoms with Gasteiger partial charge >= 0.3 is 21.1 Å². The summed E-state index contributed by atoms with van der Waals surface area (Å²) in [4.78, 5) is 0. The van der Waals surface area contributed by atoms with E-state index in [2.05, 4.69) is 27.7 Å². The van der Waals surface area contributed by atoms with Crippen molar-refractivity contribution < 1.29 is 21.1 Å². The smallest absolute Gasteiger partial charge is 0.346 e. The molecule has 58 valence electrons. The minimum atomic E-state index is 0. The van der Waals surface area contributed by atoms with Crippen LogP contribution < -0.4 is 0 Å². The summed E-state index contributed by atoms with van der Waals surface area (Å²) in [7, 11) is 0. The van der Waals surface area contributed by atoms with Gasteiger partial charge in [-0.05, 0) is 0 Å². The molecule has 0 aliphatic heterocycles. The molecule has 9 heavy (non-hydrogen) atoms. The molecule has 0 fully saturated rings. The van der Waals surface area contributed by atoms with Crippen molar-refractivity contribution in [1.29, 1.82) is 0 Å². The van der Waals surface area contributed by atoms with Crippen LogP contribution in [0.15, 0.2) is 0 Å². The molecule has 0 spiro atoms. The molecule has 1 heteroatoms. The van der Waals surface area contributed by atoms with Gasteiger partial charge in [0.05, 0.1) is 0 Å². The third kappa shape index (κ3) is 820. The third-order valence-electron chi connectivity index (χ3n) is 0. The predicted molar refractivity (Wildman–Crippen MR) is 44.1 cm³/mol. The van der Waals surface area contributed by atoms with Gasteiger partial charge in [0, 0.05) is 0 Å². The van der Waals surface area contributed by atoms with Gasteiger partial charge in [0.2, 0.25) is 0 Å². The van der Waals surface area contributed by atoms with Gasteiger partial charge in [-0.3, -0.25) is 0 Å². The number of hydrogen-bond donors (Lipinski definition) is 0. The van der Waals surface area contributed by atoms with Crippen molar-refractivity contribution in [2.24, 2.45) is 0 Å². The van der Waals surface area contributed by atoms with Crippen molar-refractivity contribution in [3.05, 3.63) is 27.7 Å². The molecule has 0 N–H and O–H groups in total. The fraction of sp³-hybridized carbons (Fsp3) is 0.500. The van der Waals surface area contributed by atoms with Crippen molar-refractivity contribution in [2.45, 2.75) is 27.7 Å². The van der Waals surface area contributed by atoms with Crippen LogP contribution >= 0.6 is 0 Å². The molecule has 0 bridgehead atoms. The summed E-state index contributed by atoms with van der Waals surface area (Å²) >= 11 is 0. The van der Waals surface area contributed by atoms with Crippen LogP contribution in [0.4, 0.5) is 0 Å². The van der Waals surface area contributed by atoms with Gasteiger partial charge in [0.15, 0.2) is 0 Å². The SMILES string of the molecule is [CH2-]C.[CH2-]C.[CH2-]C.[CH2-]C.[Mo+4]. The largest absolute Gasteiger partial charge is 4.00 e. The Balaban J connectivity index is -0.00000000762. The van der Waals surface area contributed by atoms with E-state index in [1.807, 2.05) is 0 Å². The van der Waals surface area contributed by atoms with E-state index in [1.165, 1.54) is 0 Å². The van der Waals surface area contributed by atoms with E-state index in [0.717, 1.165) is 0 Å². The Hall–Kier alpha value is 0.688. The van der Waals surface area contributed by atoms with Crippen LogP contribution in [0.3, 0.4) is 0 Å². The Morgan fingerprint density at radius 3 is 0.444 bits per heavy atom. The minimum absolute atomic E-state index is 0. The molecule has 0 radical (unpaired) electrons. The second-order valence-corrected chi connectivity index (χ2v) is 0. The van der Waals surface area contributed by atoms with Crippen LogP contribution in [0.1, 0.15) is 27.7 Å². The molecule has 0 heterocycles. The summed E-state index contributed by atoms with van der Waals surface area (Å²) in [6.45, 7) is 20.0. The zero-order chi connectivity index (χ0) is 8.00. The summed E-state index contributed by atoms with van der Waals surface area (Å²) < 4.78 is 0. The van der Waals surface area contributed by atoms with Crippen molar-refractivity contribution in [3.8, 4) is 0 Å². The van der Waals surface area contributed by atoms with E-state index >= 15 is 0 Å². The maximum atomic E-state index is 3.25. The molecule has 0 unspecified atom stereocenters. The normalized spacial score (nSPS) is 2.67. The van der Waals surface area contributed by atoms with Gasteiger partial charge in [0.25, 0.3) is 0 Å². The van der Waals surface area contributed by atoms with Crippen molar-refractivity contribution in [2.75, 3.05) is 0 Å². The first-order chi connectivity index (χ1) is 4.00. The van der Waals surface area contributed by atoms with E-state index in [-0.39, 0.29) is 21.1 Å². The van der Waals surface area contributed by atoms with E-state index in [0.29, 0.717) is 0 Å². The van der Waals surface area contributed by atoms with Crippen LogP contribution in [-0.4, -0.2) is 0 Å². The topological polar surface area (TPSA) is 0 Å². The Morgan fingerprint density at radius 1 is 0.444 bits per heavy atom. The average Bonchev–Trinajstić information content (AvgIpc) is 2.03. The van der Waals surface area contributed by atoms with E-state index in [4.69, 9.17) is 0 Å². The van der Waals surface area contributed by atoms with Crippen LogP contribution in [0.5, 0.6) is 0 Å². The monoisotopic (exact) mass is 214 g/mol. The van der Waals surface area contributed by atoms with Gasteiger partial charge in [-0.2, -0.15) is 27.7 Å². The molecule has 0 saturated carbocycles. The van der Waals surface area contributed by atoms with Gasteiger partial charge in [0.1, 0.15) is 0 Å². The van der Waals surface area contributed by atoms with Gasteiger partial charge in [-0.1, -0.05) is 0 Å². The first-order valence-corrected chi connectivity index (χ1v) is 2.83. The molecular weight excluding hydrogens is 192 g/mol.